The third kappa shape index (κ3) is 3.42. The molecule has 4 heteroatoms. The Bertz CT molecular complexity index is 594. The Morgan fingerprint density at radius 1 is 1.20 bits per heavy atom. The van der Waals surface area contributed by atoms with Gasteiger partial charge in [-0.05, 0) is 31.5 Å². The summed E-state index contributed by atoms with van der Waals surface area (Å²) < 4.78 is 0. The summed E-state index contributed by atoms with van der Waals surface area (Å²) >= 11 is 0. The van der Waals surface area contributed by atoms with Gasteiger partial charge >= 0.3 is 0 Å². The van der Waals surface area contributed by atoms with Crippen LogP contribution in [0.2, 0.25) is 0 Å². The number of carbonyl (C=O) groups is 1. The highest BCUT2D eigenvalue weighted by Crippen LogP contribution is 2.19. The Balaban J connectivity index is 2.03. The van der Waals surface area contributed by atoms with Crippen LogP contribution < -0.4 is 5.32 Å². The number of pyridine rings is 1. The van der Waals surface area contributed by atoms with E-state index < -0.39 is 5.60 Å². The lowest BCUT2D eigenvalue weighted by Crippen LogP contribution is -2.38. The highest BCUT2D eigenvalue weighted by molar-refractivity contribution is 5.92. The van der Waals surface area contributed by atoms with Gasteiger partial charge in [-0.1, -0.05) is 36.4 Å². The molecular weight excluding hydrogens is 252 g/mol. The first-order valence-electron chi connectivity index (χ1n) is 6.49. The van der Waals surface area contributed by atoms with E-state index in [2.05, 4.69) is 10.3 Å². The minimum atomic E-state index is -1.11. The van der Waals surface area contributed by atoms with Gasteiger partial charge in [-0.25, -0.2) is 4.98 Å². The number of hydrogen-bond donors (Lipinski definition) is 2. The van der Waals surface area contributed by atoms with Gasteiger partial charge in [0.1, 0.15) is 11.3 Å². The summed E-state index contributed by atoms with van der Waals surface area (Å²) in [4.78, 5) is 16.1. The zero-order chi connectivity index (χ0) is 14.6. The lowest BCUT2D eigenvalue weighted by molar-refractivity contribution is 0.0525. The summed E-state index contributed by atoms with van der Waals surface area (Å²) in [6.45, 7) is 3.63. The van der Waals surface area contributed by atoms with Gasteiger partial charge in [0.2, 0.25) is 0 Å². The van der Waals surface area contributed by atoms with Gasteiger partial charge in [0.25, 0.3) is 5.91 Å². The molecule has 104 valence electrons. The van der Waals surface area contributed by atoms with Gasteiger partial charge in [0.15, 0.2) is 0 Å². The number of rotatable bonds is 4. The van der Waals surface area contributed by atoms with Crippen molar-refractivity contribution >= 4 is 5.91 Å². The van der Waals surface area contributed by atoms with Crippen molar-refractivity contribution in [2.45, 2.75) is 19.4 Å². The molecule has 0 saturated carbocycles. The summed E-state index contributed by atoms with van der Waals surface area (Å²) in [6, 6.07) is 14.5. The molecule has 1 aromatic heterocycles. The van der Waals surface area contributed by atoms with Crippen LogP contribution in [0.5, 0.6) is 0 Å². The lowest BCUT2D eigenvalue weighted by atomic mass is 9.96. The van der Waals surface area contributed by atoms with Crippen LogP contribution in [0.4, 0.5) is 0 Å². The van der Waals surface area contributed by atoms with Crippen molar-refractivity contribution in [3.63, 3.8) is 0 Å². The van der Waals surface area contributed by atoms with Crippen LogP contribution >= 0.6 is 0 Å². The monoisotopic (exact) mass is 270 g/mol. The summed E-state index contributed by atoms with van der Waals surface area (Å²) in [5.41, 5.74) is 0.791. The quantitative estimate of drug-likeness (QED) is 0.893. The van der Waals surface area contributed by atoms with E-state index in [4.69, 9.17) is 0 Å². The van der Waals surface area contributed by atoms with Crippen molar-refractivity contribution in [1.29, 1.82) is 0 Å². The highest BCUT2D eigenvalue weighted by Gasteiger charge is 2.23. The molecule has 0 radical (unpaired) electrons. The second-order valence-electron chi connectivity index (χ2n) is 4.99. The van der Waals surface area contributed by atoms with E-state index in [0.717, 1.165) is 11.3 Å². The van der Waals surface area contributed by atoms with Crippen LogP contribution in [0.3, 0.4) is 0 Å². The van der Waals surface area contributed by atoms with Crippen LogP contribution in [0.1, 0.15) is 28.7 Å². The van der Waals surface area contributed by atoms with Gasteiger partial charge in [-0.3, -0.25) is 4.79 Å². The van der Waals surface area contributed by atoms with Crippen molar-refractivity contribution in [1.82, 2.24) is 10.3 Å². The fourth-order valence-corrected chi connectivity index (χ4v) is 1.91. The molecule has 1 heterocycles. The molecule has 1 aromatic carbocycles. The molecule has 2 N–H and O–H groups in total. The predicted molar refractivity (Wildman–Crippen MR) is 77.3 cm³/mol. The van der Waals surface area contributed by atoms with E-state index in [0.29, 0.717) is 5.69 Å². The van der Waals surface area contributed by atoms with Crippen LogP contribution in [-0.2, 0) is 5.60 Å². The Morgan fingerprint density at radius 3 is 2.55 bits per heavy atom. The first kappa shape index (κ1) is 14.2. The second kappa shape index (κ2) is 5.84. The number of nitrogens with one attached hydrogen (secondary N) is 1. The van der Waals surface area contributed by atoms with Crippen LogP contribution in [0.25, 0.3) is 0 Å². The van der Waals surface area contributed by atoms with Crippen LogP contribution in [-0.4, -0.2) is 22.5 Å². The topological polar surface area (TPSA) is 62.2 Å². The SMILES string of the molecule is Cc1cccc(C(=O)NCC(C)(O)c2ccccc2)n1. The first-order valence-corrected chi connectivity index (χ1v) is 6.49. The fourth-order valence-electron chi connectivity index (χ4n) is 1.91. The molecule has 1 amide bonds. The molecule has 0 aliphatic rings. The molecule has 2 aromatic rings. The highest BCUT2D eigenvalue weighted by atomic mass is 16.3. The molecule has 1 unspecified atom stereocenters. The lowest BCUT2D eigenvalue weighted by Gasteiger charge is -2.24. The van der Waals surface area contributed by atoms with E-state index in [1.807, 2.05) is 43.3 Å². The van der Waals surface area contributed by atoms with Gasteiger partial charge in [-0.2, -0.15) is 0 Å². The Kier molecular flexibility index (Phi) is 4.15. The zero-order valence-electron chi connectivity index (χ0n) is 11.6. The average molecular weight is 270 g/mol. The third-order valence-electron chi connectivity index (χ3n) is 3.11. The van der Waals surface area contributed by atoms with E-state index in [1.165, 1.54) is 0 Å². The molecule has 0 fully saturated rings. The number of aliphatic hydroxyl groups is 1. The van der Waals surface area contributed by atoms with E-state index >= 15 is 0 Å². The van der Waals surface area contributed by atoms with E-state index in [-0.39, 0.29) is 12.5 Å². The Labute approximate surface area is 118 Å². The first-order chi connectivity index (χ1) is 9.49. The molecular formula is C16H18N2O2. The number of benzene rings is 1. The van der Waals surface area contributed by atoms with Crippen LogP contribution in [0, 0.1) is 6.92 Å². The number of nitrogens with zero attached hydrogens (tertiary/aromatic N) is 1. The number of amides is 1. The van der Waals surface area contributed by atoms with Crippen molar-refractivity contribution in [2.75, 3.05) is 6.54 Å². The third-order valence-corrected chi connectivity index (χ3v) is 3.11. The maximum Gasteiger partial charge on any atom is 0.269 e. The number of hydrogen-bond acceptors (Lipinski definition) is 3. The fraction of sp³-hybridized carbons (Fsp3) is 0.250. The summed E-state index contributed by atoms with van der Waals surface area (Å²) in [6.07, 6.45) is 0. The van der Waals surface area contributed by atoms with Gasteiger partial charge in [0.05, 0.1) is 6.54 Å². The molecule has 0 aliphatic heterocycles. The van der Waals surface area contributed by atoms with E-state index in [9.17, 15) is 9.90 Å². The zero-order valence-corrected chi connectivity index (χ0v) is 11.6. The molecule has 4 nitrogen and oxygen atoms in total. The Hall–Kier alpha value is -2.20. The normalized spacial score (nSPS) is 13.6. The number of carbonyl (C=O) groups excluding carboxylic acids is 1. The smallest absolute Gasteiger partial charge is 0.269 e. The molecule has 1 atom stereocenters. The summed E-state index contributed by atoms with van der Waals surface area (Å²) in [5.74, 6) is -0.287. The van der Waals surface area contributed by atoms with Gasteiger partial charge in [0, 0.05) is 5.69 Å². The number of aryl methyl sites for hydroxylation is 1. The van der Waals surface area contributed by atoms with Gasteiger partial charge in [-0.15, -0.1) is 0 Å². The minimum absolute atomic E-state index is 0.130. The average Bonchev–Trinajstić information content (AvgIpc) is 2.46. The largest absolute Gasteiger partial charge is 0.384 e. The van der Waals surface area contributed by atoms with E-state index in [1.54, 1.807) is 19.1 Å². The molecule has 0 bridgehead atoms. The van der Waals surface area contributed by atoms with Crippen molar-refractivity contribution in [3.8, 4) is 0 Å². The molecule has 0 saturated heterocycles. The molecule has 20 heavy (non-hydrogen) atoms. The minimum Gasteiger partial charge on any atom is -0.384 e. The standard InChI is InChI=1S/C16H18N2O2/c1-12-7-6-10-14(18-12)15(19)17-11-16(2,20)13-8-4-3-5-9-13/h3-10,20H,11H2,1-2H3,(H,17,19). The maximum absolute atomic E-state index is 12.0. The Morgan fingerprint density at radius 2 is 1.90 bits per heavy atom. The molecule has 0 aliphatic carbocycles. The molecule has 0 spiro atoms. The predicted octanol–water partition coefficient (Wildman–Crippen LogP) is 2.03. The summed E-state index contributed by atoms with van der Waals surface area (Å²) in [7, 11) is 0. The maximum atomic E-state index is 12.0. The van der Waals surface area contributed by atoms with Crippen molar-refractivity contribution in [2.24, 2.45) is 0 Å². The van der Waals surface area contributed by atoms with Gasteiger partial charge < -0.3 is 10.4 Å². The van der Waals surface area contributed by atoms with Crippen molar-refractivity contribution < 1.29 is 9.90 Å². The molecule has 2 rings (SSSR count). The van der Waals surface area contributed by atoms with Crippen LogP contribution in [0.15, 0.2) is 48.5 Å². The number of aromatic nitrogens is 1. The summed E-state index contributed by atoms with van der Waals surface area (Å²) in [5, 5.41) is 13.1. The van der Waals surface area contributed by atoms with Crippen molar-refractivity contribution in [3.05, 3.63) is 65.5 Å². The second-order valence-corrected chi connectivity index (χ2v) is 4.99.